The minimum Gasteiger partial charge on any atom is -0.394 e. The van der Waals surface area contributed by atoms with Crippen molar-refractivity contribution >= 4 is 39.6 Å². The summed E-state index contributed by atoms with van der Waals surface area (Å²) in [5, 5.41) is 18.2. The fraction of sp³-hybridized carbons (Fsp3) is 0.520. The molecule has 10 nitrogen and oxygen atoms in total. The first-order chi connectivity index (χ1) is 17.0. The van der Waals surface area contributed by atoms with Gasteiger partial charge in [-0.3, -0.25) is 9.48 Å². The Labute approximate surface area is 203 Å². The van der Waals surface area contributed by atoms with E-state index in [9.17, 15) is 9.90 Å². The summed E-state index contributed by atoms with van der Waals surface area (Å²) in [7, 11) is 1.98. The van der Waals surface area contributed by atoms with Gasteiger partial charge in [0.25, 0.3) is 0 Å². The molecule has 0 spiro atoms. The average Bonchev–Trinajstić information content (AvgIpc) is 3.74. The third-order valence-corrected chi connectivity index (χ3v) is 7.14. The van der Waals surface area contributed by atoms with Crippen molar-refractivity contribution in [2.24, 2.45) is 7.05 Å². The van der Waals surface area contributed by atoms with Crippen molar-refractivity contribution in [2.75, 3.05) is 11.9 Å². The van der Waals surface area contributed by atoms with Gasteiger partial charge in [0.2, 0.25) is 5.91 Å². The molecule has 10 heteroatoms. The molecule has 1 amide bonds. The molecule has 0 bridgehead atoms. The van der Waals surface area contributed by atoms with Crippen LogP contribution < -0.4 is 5.32 Å². The number of carbonyl (C=O) groups excluding carboxylic acids is 1. The molecule has 0 aliphatic heterocycles. The number of hydrogen-bond donors (Lipinski definition) is 2. The zero-order valence-electron chi connectivity index (χ0n) is 20.5. The van der Waals surface area contributed by atoms with Crippen LogP contribution in [0.2, 0.25) is 0 Å². The molecule has 6 rings (SSSR count). The number of hydrogen-bond acceptors (Lipinski definition) is 6. The molecular weight excluding hydrogens is 444 g/mol. The van der Waals surface area contributed by atoms with Crippen molar-refractivity contribution in [2.45, 2.75) is 71.1 Å². The van der Waals surface area contributed by atoms with Crippen LogP contribution in [0.5, 0.6) is 0 Å². The predicted molar refractivity (Wildman–Crippen MR) is 134 cm³/mol. The van der Waals surface area contributed by atoms with Gasteiger partial charge >= 0.3 is 0 Å². The van der Waals surface area contributed by atoms with Gasteiger partial charge in [0.05, 0.1) is 31.4 Å². The zero-order chi connectivity index (χ0) is 24.3. The predicted octanol–water partition coefficient (Wildman–Crippen LogP) is 2.88. The van der Waals surface area contributed by atoms with E-state index < -0.39 is 0 Å². The summed E-state index contributed by atoms with van der Waals surface area (Å²) in [4.78, 5) is 25.1. The lowest BCUT2D eigenvalue weighted by Crippen LogP contribution is -2.36. The summed E-state index contributed by atoms with van der Waals surface area (Å²) < 4.78 is 5.92. The van der Waals surface area contributed by atoms with E-state index in [0.717, 1.165) is 65.7 Å². The summed E-state index contributed by atoms with van der Waals surface area (Å²) in [5.41, 5.74) is 4.52. The molecular formula is C25H32N8O2. The average molecular weight is 477 g/mol. The Hall–Kier alpha value is -3.40. The van der Waals surface area contributed by atoms with Crippen LogP contribution in [0.15, 0.2) is 18.5 Å². The number of aryl methyl sites for hydroxylation is 3. The number of nitrogens with one attached hydrogen (secondary N) is 1. The summed E-state index contributed by atoms with van der Waals surface area (Å²) in [5.74, 6) is 1.52. The molecule has 35 heavy (non-hydrogen) atoms. The first-order valence-electron chi connectivity index (χ1n) is 12.5. The van der Waals surface area contributed by atoms with Crippen LogP contribution in [0.3, 0.4) is 0 Å². The quantitative estimate of drug-likeness (QED) is 0.385. The molecule has 0 saturated heterocycles. The van der Waals surface area contributed by atoms with Crippen LogP contribution in [0, 0.1) is 6.92 Å². The van der Waals surface area contributed by atoms with Crippen molar-refractivity contribution in [3.05, 3.63) is 29.8 Å². The van der Waals surface area contributed by atoms with Gasteiger partial charge in [0.15, 0.2) is 11.6 Å². The molecule has 2 N–H and O–H groups in total. The first kappa shape index (κ1) is 22.1. The molecule has 4 aromatic rings. The largest absolute Gasteiger partial charge is 0.394 e. The number of nitrogens with zero attached hydrogens (tertiary/aromatic N) is 7. The number of rotatable bonds is 9. The monoisotopic (exact) mass is 476 g/mol. The number of anilines is 2. The number of aliphatic hydroxyl groups excluding tert-OH is 1. The number of imidazole rings is 1. The zero-order valence-corrected chi connectivity index (χ0v) is 20.5. The fourth-order valence-electron chi connectivity index (χ4n) is 5.22. The van der Waals surface area contributed by atoms with Gasteiger partial charge in [0, 0.05) is 48.5 Å². The highest BCUT2D eigenvalue weighted by atomic mass is 16.3. The van der Waals surface area contributed by atoms with Crippen LogP contribution in [-0.4, -0.2) is 63.5 Å². The van der Waals surface area contributed by atoms with Gasteiger partial charge in [-0.25, -0.2) is 9.97 Å². The second-order valence-corrected chi connectivity index (χ2v) is 9.81. The van der Waals surface area contributed by atoms with E-state index in [1.54, 1.807) is 11.0 Å². The minimum atomic E-state index is 0.0289. The highest BCUT2D eigenvalue weighted by molar-refractivity contribution is 6.07. The molecule has 2 aliphatic carbocycles. The molecule has 0 atom stereocenters. The Bertz CT molecular complexity index is 1410. The maximum Gasteiger partial charge on any atom is 0.229 e. The van der Waals surface area contributed by atoms with Gasteiger partial charge in [0.1, 0.15) is 11.2 Å². The highest BCUT2D eigenvalue weighted by Gasteiger charge is 2.42. The highest BCUT2D eigenvalue weighted by Crippen LogP contribution is 2.38. The van der Waals surface area contributed by atoms with E-state index in [-0.39, 0.29) is 12.5 Å². The van der Waals surface area contributed by atoms with Gasteiger partial charge in [-0.1, -0.05) is 0 Å². The van der Waals surface area contributed by atoms with Crippen molar-refractivity contribution < 1.29 is 9.90 Å². The number of aliphatic hydroxyl groups is 1. The topological polar surface area (TPSA) is 106 Å². The number of amides is 1. The molecule has 184 valence electrons. The number of aromatic nitrogens is 6. The van der Waals surface area contributed by atoms with E-state index in [2.05, 4.69) is 37.9 Å². The lowest BCUT2D eigenvalue weighted by Gasteiger charge is -2.22. The SMILES string of the molecule is CCn1c(CC(=O)N(C2CC2)C2CC2)cc2c3c(ncn3C)c(Nc3cc(C)n(CCO)n3)nc21. The van der Waals surface area contributed by atoms with Crippen molar-refractivity contribution in [3.63, 3.8) is 0 Å². The number of fused-ring (bicyclic) bond motifs is 3. The number of carbonyl (C=O) groups is 1. The summed E-state index contributed by atoms with van der Waals surface area (Å²) >= 11 is 0. The second kappa shape index (κ2) is 8.37. The van der Waals surface area contributed by atoms with Gasteiger partial charge < -0.3 is 24.5 Å². The summed E-state index contributed by atoms with van der Waals surface area (Å²) in [6, 6.07) is 4.95. The van der Waals surface area contributed by atoms with Crippen LogP contribution in [0.4, 0.5) is 11.6 Å². The Kier molecular flexibility index (Phi) is 5.28. The molecule has 0 radical (unpaired) electrons. The van der Waals surface area contributed by atoms with E-state index in [1.807, 2.05) is 24.6 Å². The standard InChI is InChI=1S/C25H32N8O2/c1-4-31-18(13-21(35)33(16-5-6-16)17-7-8-17)12-19-23-22(26-14-30(23)3)24(28-25(19)31)27-20-11-15(2)32(29-20)9-10-34/h11-12,14,16-17,34H,4-10,13H2,1-3H3,(H,27,28,29). The summed E-state index contributed by atoms with van der Waals surface area (Å²) in [6.45, 7) is 5.24. The Morgan fingerprint density at radius 1 is 1.23 bits per heavy atom. The molecule has 2 fully saturated rings. The normalized spacial score (nSPS) is 15.9. The fourth-order valence-corrected chi connectivity index (χ4v) is 5.22. The van der Waals surface area contributed by atoms with E-state index in [4.69, 9.17) is 4.98 Å². The van der Waals surface area contributed by atoms with Crippen LogP contribution in [0.25, 0.3) is 22.1 Å². The van der Waals surface area contributed by atoms with Crippen LogP contribution in [0.1, 0.15) is 44.0 Å². The Morgan fingerprint density at radius 3 is 2.63 bits per heavy atom. The molecule has 2 aliphatic rings. The van der Waals surface area contributed by atoms with Gasteiger partial charge in [-0.05, 0) is 45.6 Å². The number of pyridine rings is 1. The third-order valence-electron chi connectivity index (χ3n) is 7.14. The van der Waals surface area contributed by atoms with Crippen molar-refractivity contribution in [3.8, 4) is 0 Å². The van der Waals surface area contributed by atoms with Crippen LogP contribution >= 0.6 is 0 Å². The first-order valence-corrected chi connectivity index (χ1v) is 12.5. The lowest BCUT2D eigenvalue weighted by atomic mass is 10.2. The van der Waals surface area contributed by atoms with E-state index in [1.165, 1.54) is 0 Å². The summed E-state index contributed by atoms with van der Waals surface area (Å²) in [6.07, 6.45) is 6.74. The lowest BCUT2D eigenvalue weighted by molar-refractivity contribution is -0.131. The van der Waals surface area contributed by atoms with Crippen molar-refractivity contribution in [1.29, 1.82) is 0 Å². The van der Waals surface area contributed by atoms with Crippen LogP contribution in [-0.2, 0) is 31.4 Å². The molecule has 0 aromatic carbocycles. The van der Waals surface area contributed by atoms with E-state index in [0.29, 0.717) is 36.7 Å². The molecule has 2 saturated carbocycles. The van der Waals surface area contributed by atoms with Gasteiger partial charge in [-0.15, -0.1) is 0 Å². The molecule has 0 unspecified atom stereocenters. The second-order valence-electron chi connectivity index (χ2n) is 9.81. The smallest absolute Gasteiger partial charge is 0.229 e. The molecule has 4 aromatic heterocycles. The minimum absolute atomic E-state index is 0.0289. The Balaban J connectivity index is 1.41. The molecule has 4 heterocycles. The maximum absolute atomic E-state index is 13.3. The Morgan fingerprint density at radius 2 is 1.97 bits per heavy atom. The van der Waals surface area contributed by atoms with Crippen molar-refractivity contribution in [1.82, 2.24) is 33.8 Å². The van der Waals surface area contributed by atoms with Gasteiger partial charge in [-0.2, -0.15) is 5.10 Å². The maximum atomic E-state index is 13.3. The third kappa shape index (κ3) is 3.85. The van der Waals surface area contributed by atoms with E-state index >= 15 is 0 Å².